The van der Waals surface area contributed by atoms with E-state index in [0.717, 1.165) is 24.2 Å². The second kappa shape index (κ2) is 6.21. The second-order valence-electron chi connectivity index (χ2n) is 5.87. The molecule has 0 radical (unpaired) electrons. The molecule has 122 valence electrons. The fourth-order valence-corrected chi connectivity index (χ4v) is 2.97. The van der Waals surface area contributed by atoms with Crippen LogP contribution < -0.4 is 11.0 Å². The minimum Gasteiger partial charge on any atom is -0.291 e. The smallest absolute Gasteiger partial charge is 0.261 e. The maximum atomic E-state index is 12.7. The lowest BCUT2D eigenvalue weighted by Gasteiger charge is -2.19. The largest absolute Gasteiger partial charge is 0.291 e. The van der Waals surface area contributed by atoms with Crippen molar-refractivity contribution in [3.8, 4) is 6.07 Å². The van der Waals surface area contributed by atoms with Gasteiger partial charge in [-0.05, 0) is 49.2 Å². The molecular weight excluding hydrogens is 314 g/mol. The van der Waals surface area contributed by atoms with E-state index < -0.39 is 0 Å². The first-order valence-corrected chi connectivity index (χ1v) is 8.09. The summed E-state index contributed by atoms with van der Waals surface area (Å²) in [6, 6.07) is 16.5. The van der Waals surface area contributed by atoms with Crippen molar-refractivity contribution < 1.29 is 0 Å². The molecule has 0 aliphatic carbocycles. The molecule has 1 aliphatic rings. The number of aromatic nitrogens is 2. The molecule has 4 rings (SSSR count). The molecule has 2 heterocycles. The maximum Gasteiger partial charge on any atom is 0.261 e. The fourth-order valence-electron chi connectivity index (χ4n) is 2.97. The fraction of sp³-hybridized carbons (Fsp3) is 0.158. The highest BCUT2D eigenvalue weighted by atomic mass is 16.1. The van der Waals surface area contributed by atoms with Gasteiger partial charge in [0, 0.05) is 6.54 Å². The number of rotatable bonds is 2. The third-order valence-electron chi connectivity index (χ3n) is 4.25. The Bertz CT molecular complexity index is 1070. The molecular formula is C19H15N5O. The van der Waals surface area contributed by atoms with Gasteiger partial charge in [0.25, 0.3) is 5.56 Å². The van der Waals surface area contributed by atoms with E-state index >= 15 is 0 Å². The van der Waals surface area contributed by atoms with Crippen LogP contribution in [-0.4, -0.2) is 15.3 Å². The van der Waals surface area contributed by atoms with Crippen LogP contribution in [0.4, 0.5) is 5.69 Å². The Labute approximate surface area is 144 Å². The van der Waals surface area contributed by atoms with Crippen LogP contribution in [0.3, 0.4) is 0 Å². The van der Waals surface area contributed by atoms with Crippen molar-refractivity contribution in [3.63, 3.8) is 0 Å². The van der Waals surface area contributed by atoms with Gasteiger partial charge in [-0.1, -0.05) is 12.1 Å². The Morgan fingerprint density at radius 3 is 2.76 bits per heavy atom. The first kappa shape index (κ1) is 15.1. The van der Waals surface area contributed by atoms with Crippen LogP contribution >= 0.6 is 0 Å². The predicted octanol–water partition coefficient (Wildman–Crippen LogP) is 2.88. The number of para-hydroxylation sites is 1. The number of hydrogen-bond donors (Lipinski definition) is 1. The lowest BCUT2D eigenvalue weighted by molar-refractivity contribution is 0.597. The van der Waals surface area contributed by atoms with Crippen molar-refractivity contribution in [2.45, 2.75) is 19.4 Å². The Morgan fingerprint density at radius 2 is 1.96 bits per heavy atom. The zero-order valence-electron chi connectivity index (χ0n) is 13.4. The van der Waals surface area contributed by atoms with Crippen molar-refractivity contribution in [1.29, 1.82) is 5.26 Å². The molecule has 0 saturated carbocycles. The molecule has 2 aromatic carbocycles. The van der Waals surface area contributed by atoms with Gasteiger partial charge in [-0.2, -0.15) is 10.4 Å². The third kappa shape index (κ3) is 2.76. The van der Waals surface area contributed by atoms with Crippen molar-refractivity contribution in [2.24, 2.45) is 5.10 Å². The van der Waals surface area contributed by atoms with E-state index in [-0.39, 0.29) is 5.56 Å². The highest BCUT2D eigenvalue weighted by Crippen LogP contribution is 2.16. The van der Waals surface area contributed by atoms with Gasteiger partial charge in [-0.25, -0.2) is 4.98 Å². The molecule has 25 heavy (non-hydrogen) atoms. The molecule has 3 aromatic rings. The van der Waals surface area contributed by atoms with Crippen LogP contribution in [0.25, 0.3) is 10.9 Å². The summed E-state index contributed by atoms with van der Waals surface area (Å²) < 4.78 is 1.70. The number of fused-ring (bicyclic) bond motifs is 2. The van der Waals surface area contributed by atoms with E-state index in [9.17, 15) is 4.79 Å². The van der Waals surface area contributed by atoms with Crippen LogP contribution in [-0.2, 0) is 6.54 Å². The molecule has 0 atom stereocenters. The molecule has 0 unspecified atom stereocenters. The van der Waals surface area contributed by atoms with Crippen molar-refractivity contribution in [3.05, 3.63) is 70.3 Å². The van der Waals surface area contributed by atoms with Crippen LogP contribution in [0.15, 0.2) is 58.4 Å². The Hall–Kier alpha value is -3.46. The Kier molecular flexibility index (Phi) is 3.75. The van der Waals surface area contributed by atoms with Crippen LogP contribution in [0.2, 0.25) is 0 Å². The number of anilines is 1. The average molecular weight is 329 g/mol. The van der Waals surface area contributed by atoms with Crippen molar-refractivity contribution in [1.82, 2.24) is 9.55 Å². The molecule has 1 aromatic heterocycles. The van der Waals surface area contributed by atoms with Gasteiger partial charge in [-0.3, -0.25) is 14.8 Å². The highest BCUT2D eigenvalue weighted by molar-refractivity contribution is 5.99. The zero-order valence-corrected chi connectivity index (χ0v) is 13.4. The van der Waals surface area contributed by atoms with Crippen LogP contribution in [0, 0.1) is 11.3 Å². The van der Waals surface area contributed by atoms with E-state index in [1.807, 2.05) is 18.2 Å². The van der Waals surface area contributed by atoms with E-state index in [1.165, 1.54) is 0 Å². The summed E-state index contributed by atoms with van der Waals surface area (Å²) in [5, 5.41) is 13.9. The van der Waals surface area contributed by atoms with Gasteiger partial charge in [-0.15, -0.1) is 0 Å². The van der Waals surface area contributed by atoms with E-state index in [4.69, 9.17) is 5.26 Å². The first-order valence-electron chi connectivity index (χ1n) is 8.09. The average Bonchev–Trinajstić information content (AvgIpc) is 2.67. The lowest BCUT2D eigenvalue weighted by Crippen LogP contribution is -2.32. The molecule has 0 spiro atoms. The van der Waals surface area contributed by atoms with Gasteiger partial charge < -0.3 is 0 Å². The van der Waals surface area contributed by atoms with Crippen LogP contribution in [0.1, 0.15) is 24.2 Å². The molecule has 1 N–H and O–H groups in total. The summed E-state index contributed by atoms with van der Waals surface area (Å²) in [4.78, 5) is 17.3. The first-order chi connectivity index (χ1) is 12.3. The van der Waals surface area contributed by atoms with E-state index in [0.29, 0.717) is 28.8 Å². The second-order valence-corrected chi connectivity index (χ2v) is 5.87. The maximum absolute atomic E-state index is 12.7. The molecule has 6 nitrogen and oxygen atoms in total. The minimum absolute atomic E-state index is 0.0219. The summed E-state index contributed by atoms with van der Waals surface area (Å²) in [7, 11) is 0. The van der Waals surface area contributed by atoms with Crippen LogP contribution in [0.5, 0.6) is 0 Å². The van der Waals surface area contributed by atoms with E-state index in [2.05, 4.69) is 21.6 Å². The monoisotopic (exact) mass is 329 g/mol. The molecule has 6 heteroatoms. The summed E-state index contributed by atoms with van der Waals surface area (Å²) in [6.45, 7) is 0.655. The van der Waals surface area contributed by atoms with Gasteiger partial charge in [0.05, 0.1) is 28.2 Å². The topological polar surface area (TPSA) is 83.1 Å². The quantitative estimate of drug-likeness (QED) is 0.733. The normalized spacial score (nSPS) is 14.9. The minimum atomic E-state index is -0.0219. The van der Waals surface area contributed by atoms with Crippen molar-refractivity contribution >= 4 is 22.3 Å². The lowest BCUT2D eigenvalue weighted by atomic mass is 10.1. The summed E-state index contributed by atoms with van der Waals surface area (Å²) >= 11 is 0. The SMILES string of the molecule is N#Cc1ccc(N/N=C2\CCCn3c2nc2ccccc2c3=O)cc1. The molecule has 1 aliphatic heterocycles. The summed E-state index contributed by atoms with van der Waals surface area (Å²) in [5.41, 5.74) is 5.81. The standard InChI is InChI=1S/C19H15N5O/c20-12-13-7-9-14(10-8-13)22-23-17-6-3-11-24-18(17)21-16-5-2-1-4-15(16)19(24)25/h1-2,4-5,7-10,22H,3,6,11H2/b23-17+. The zero-order chi connectivity index (χ0) is 17.2. The number of hydrazone groups is 1. The molecule has 0 bridgehead atoms. The predicted molar refractivity (Wildman–Crippen MR) is 96.6 cm³/mol. The number of nitrogens with one attached hydrogen (secondary N) is 1. The Morgan fingerprint density at radius 1 is 1.16 bits per heavy atom. The van der Waals surface area contributed by atoms with Crippen molar-refractivity contribution in [2.75, 3.05) is 5.43 Å². The van der Waals surface area contributed by atoms with Gasteiger partial charge in [0.2, 0.25) is 0 Å². The Balaban J connectivity index is 1.73. The van der Waals surface area contributed by atoms with Gasteiger partial charge in [0.1, 0.15) is 5.71 Å². The number of benzene rings is 2. The molecule has 0 saturated heterocycles. The third-order valence-corrected chi connectivity index (χ3v) is 4.25. The summed E-state index contributed by atoms with van der Waals surface area (Å²) in [5.74, 6) is 0.621. The summed E-state index contributed by atoms with van der Waals surface area (Å²) in [6.07, 6.45) is 1.61. The van der Waals surface area contributed by atoms with Gasteiger partial charge in [0.15, 0.2) is 5.82 Å². The number of hydrogen-bond acceptors (Lipinski definition) is 5. The molecule has 0 fully saturated rings. The number of nitriles is 1. The molecule has 0 amide bonds. The number of nitrogens with zero attached hydrogens (tertiary/aromatic N) is 4. The van der Waals surface area contributed by atoms with E-state index in [1.54, 1.807) is 34.9 Å². The van der Waals surface area contributed by atoms with Gasteiger partial charge >= 0.3 is 0 Å². The highest BCUT2D eigenvalue weighted by Gasteiger charge is 2.20.